The van der Waals surface area contributed by atoms with Crippen molar-refractivity contribution in [1.29, 1.82) is 0 Å². The third-order valence-electron chi connectivity index (χ3n) is 7.99. The van der Waals surface area contributed by atoms with Crippen molar-refractivity contribution in [2.75, 3.05) is 19.7 Å². The summed E-state index contributed by atoms with van der Waals surface area (Å²) in [5.74, 6) is 0.952. The zero-order chi connectivity index (χ0) is 21.1. The Bertz CT molecular complexity index is 853. The molecule has 0 atom stereocenters. The van der Waals surface area contributed by atoms with E-state index in [-0.39, 0.29) is 28.9 Å². The number of aromatic nitrogens is 1. The molecule has 0 bridgehead atoms. The second-order valence-electron chi connectivity index (χ2n) is 11.2. The standard InChI is InChI=1S/C24H33N3O3/c1-22(2,3)19-10-16(4-7-25-19)17-11-23(12-17)5-8-27(9-6-23)20(28)18-13-24(14-18)15-30-21(29)26-24/h4,7,10,17-18H,5-6,8-9,11-15H2,1-3H3,(H,26,29). The van der Waals surface area contributed by atoms with Crippen molar-refractivity contribution in [3.05, 3.63) is 29.6 Å². The van der Waals surface area contributed by atoms with Gasteiger partial charge in [0, 0.05) is 36.3 Å². The lowest BCUT2D eigenvalue weighted by Crippen LogP contribution is -2.59. The van der Waals surface area contributed by atoms with Crippen molar-refractivity contribution in [2.45, 2.75) is 76.2 Å². The third kappa shape index (κ3) is 3.38. The summed E-state index contributed by atoms with van der Waals surface area (Å²) in [5.41, 5.74) is 2.83. The van der Waals surface area contributed by atoms with Crippen LogP contribution in [-0.2, 0) is 14.9 Å². The normalized spacial score (nSPS) is 27.4. The highest BCUT2D eigenvalue weighted by Crippen LogP contribution is 2.57. The highest BCUT2D eigenvalue weighted by Gasteiger charge is 2.54. The number of hydrogen-bond donors (Lipinski definition) is 1. The van der Waals surface area contributed by atoms with Crippen LogP contribution >= 0.6 is 0 Å². The number of amides is 2. The average Bonchev–Trinajstić information content (AvgIpc) is 3.06. The molecule has 0 unspecified atom stereocenters. The molecule has 6 heteroatoms. The lowest BCUT2D eigenvalue weighted by atomic mass is 9.56. The first kappa shape index (κ1) is 19.8. The van der Waals surface area contributed by atoms with Gasteiger partial charge >= 0.3 is 6.09 Å². The molecule has 4 aliphatic rings. The van der Waals surface area contributed by atoms with Gasteiger partial charge in [-0.2, -0.15) is 0 Å². The van der Waals surface area contributed by atoms with Gasteiger partial charge in [-0.05, 0) is 67.6 Å². The van der Waals surface area contributed by atoms with E-state index in [1.807, 2.05) is 6.20 Å². The minimum atomic E-state index is -0.343. The molecular formula is C24H33N3O3. The van der Waals surface area contributed by atoms with Crippen LogP contribution in [0.15, 0.2) is 18.3 Å². The van der Waals surface area contributed by atoms with Crippen molar-refractivity contribution in [3.63, 3.8) is 0 Å². The number of carbonyl (C=O) groups excluding carboxylic acids is 2. The highest BCUT2D eigenvalue weighted by molar-refractivity contribution is 5.81. The van der Waals surface area contributed by atoms with Crippen LogP contribution in [-0.4, -0.2) is 47.1 Å². The molecule has 1 aromatic rings. The van der Waals surface area contributed by atoms with Gasteiger partial charge in [0.25, 0.3) is 0 Å². The first-order valence-corrected chi connectivity index (χ1v) is 11.4. The van der Waals surface area contributed by atoms with E-state index in [4.69, 9.17) is 4.74 Å². The average molecular weight is 412 g/mol. The first-order chi connectivity index (χ1) is 14.2. The zero-order valence-electron chi connectivity index (χ0n) is 18.4. The van der Waals surface area contributed by atoms with Crippen LogP contribution in [0.1, 0.15) is 76.5 Å². The van der Waals surface area contributed by atoms with Crippen LogP contribution in [0.3, 0.4) is 0 Å². The number of cyclic esters (lactones) is 1. The quantitative estimate of drug-likeness (QED) is 0.804. The van der Waals surface area contributed by atoms with Gasteiger partial charge in [-0.25, -0.2) is 4.79 Å². The monoisotopic (exact) mass is 411 g/mol. The van der Waals surface area contributed by atoms with Crippen molar-refractivity contribution in [2.24, 2.45) is 11.3 Å². The maximum absolute atomic E-state index is 12.9. The number of likely N-dealkylation sites (tertiary alicyclic amines) is 1. The van der Waals surface area contributed by atoms with Crippen molar-refractivity contribution in [3.8, 4) is 0 Å². The van der Waals surface area contributed by atoms with Gasteiger partial charge in [0.15, 0.2) is 0 Å². The van der Waals surface area contributed by atoms with E-state index in [2.05, 4.69) is 48.1 Å². The maximum atomic E-state index is 12.9. The number of nitrogens with one attached hydrogen (secondary N) is 1. The van der Waals surface area contributed by atoms with Crippen LogP contribution in [0.2, 0.25) is 0 Å². The first-order valence-electron chi connectivity index (χ1n) is 11.4. The van der Waals surface area contributed by atoms with Gasteiger partial charge in [0.2, 0.25) is 5.91 Å². The van der Waals surface area contributed by atoms with Crippen molar-refractivity contribution < 1.29 is 14.3 Å². The van der Waals surface area contributed by atoms with Gasteiger partial charge in [-0.3, -0.25) is 9.78 Å². The molecule has 1 aromatic heterocycles. The van der Waals surface area contributed by atoms with E-state index >= 15 is 0 Å². The smallest absolute Gasteiger partial charge is 0.407 e. The molecule has 2 saturated carbocycles. The van der Waals surface area contributed by atoms with Crippen LogP contribution in [0, 0.1) is 11.3 Å². The fourth-order valence-corrected chi connectivity index (χ4v) is 5.97. The number of nitrogens with zero attached hydrogens (tertiary/aromatic N) is 2. The molecule has 0 radical (unpaired) electrons. The van der Waals surface area contributed by atoms with Gasteiger partial charge in [0.1, 0.15) is 6.61 Å². The molecular weight excluding hydrogens is 378 g/mol. The van der Waals surface area contributed by atoms with Crippen LogP contribution in [0.5, 0.6) is 0 Å². The molecule has 2 amide bonds. The Morgan fingerprint density at radius 1 is 1.20 bits per heavy atom. The molecule has 2 spiro atoms. The lowest BCUT2D eigenvalue weighted by molar-refractivity contribution is -0.144. The summed E-state index contributed by atoms with van der Waals surface area (Å²) in [4.78, 5) is 30.8. The topological polar surface area (TPSA) is 71.5 Å². The fraction of sp³-hybridized carbons (Fsp3) is 0.708. The SMILES string of the molecule is CC(C)(C)c1cc(C2CC3(CCN(C(=O)C4CC5(COC(=O)N5)C4)CC3)C2)ccn1. The Labute approximate surface area is 178 Å². The number of alkyl carbamates (subject to hydrolysis) is 1. The Morgan fingerprint density at radius 2 is 1.90 bits per heavy atom. The summed E-state index contributed by atoms with van der Waals surface area (Å²) in [6, 6.07) is 4.48. The molecule has 30 heavy (non-hydrogen) atoms. The van der Waals surface area contributed by atoms with Crippen molar-refractivity contribution in [1.82, 2.24) is 15.2 Å². The largest absolute Gasteiger partial charge is 0.447 e. The fourth-order valence-electron chi connectivity index (χ4n) is 5.97. The number of ether oxygens (including phenoxy) is 1. The van der Waals surface area contributed by atoms with E-state index in [9.17, 15) is 9.59 Å². The van der Waals surface area contributed by atoms with E-state index in [1.165, 1.54) is 24.1 Å². The number of carbonyl (C=O) groups is 2. The van der Waals surface area contributed by atoms with Crippen LogP contribution < -0.4 is 5.32 Å². The van der Waals surface area contributed by atoms with E-state index < -0.39 is 0 Å². The number of rotatable bonds is 2. The second kappa shape index (κ2) is 6.69. The predicted octanol–water partition coefficient (Wildman–Crippen LogP) is 3.75. The molecule has 162 valence electrons. The zero-order valence-corrected chi connectivity index (χ0v) is 18.4. The molecule has 0 aromatic carbocycles. The summed E-state index contributed by atoms with van der Waals surface area (Å²) in [6.45, 7) is 8.80. The van der Waals surface area contributed by atoms with E-state index in [0.29, 0.717) is 17.9 Å². The highest BCUT2D eigenvalue weighted by atomic mass is 16.6. The van der Waals surface area contributed by atoms with Gasteiger partial charge < -0.3 is 15.0 Å². The lowest BCUT2D eigenvalue weighted by Gasteiger charge is -2.53. The molecule has 3 heterocycles. The van der Waals surface area contributed by atoms with E-state index in [0.717, 1.165) is 38.8 Å². The van der Waals surface area contributed by atoms with Crippen LogP contribution in [0.4, 0.5) is 4.79 Å². The van der Waals surface area contributed by atoms with Gasteiger partial charge in [-0.15, -0.1) is 0 Å². The molecule has 1 N–H and O–H groups in total. The Morgan fingerprint density at radius 3 is 2.50 bits per heavy atom. The summed E-state index contributed by atoms with van der Waals surface area (Å²) < 4.78 is 5.03. The summed E-state index contributed by atoms with van der Waals surface area (Å²) in [7, 11) is 0. The Balaban J connectivity index is 1.12. The molecule has 6 nitrogen and oxygen atoms in total. The Hall–Kier alpha value is -2.11. The summed E-state index contributed by atoms with van der Waals surface area (Å²) in [6.07, 6.45) is 7.76. The second-order valence-corrected chi connectivity index (χ2v) is 11.2. The number of piperidine rings is 1. The molecule has 2 aliphatic carbocycles. The van der Waals surface area contributed by atoms with Crippen LogP contribution in [0.25, 0.3) is 0 Å². The number of hydrogen-bond acceptors (Lipinski definition) is 4. The molecule has 5 rings (SSSR count). The van der Waals surface area contributed by atoms with Gasteiger partial charge in [0.05, 0.1) is 5.54 Å². The minimum Gasteiger partial charge on any atom is -0.447 e. The van der Waals surface area contributed by atoms with Gasteiger partial charge in [-0.1, -0.05) is 20.8 Å². The summed E-state index contributed by atoms with van der Waals surface area (Å²) >= 11 is 0. The van der Waals surface area contributed by atoms with E-state index in [1.54, 1.807) is 0 Å². The molecule has 2 aliphatic heterocycles. The predicted molar refractivity (Wildman–Crippen MR) is 113 cm³/mol. The Kier molecular flexibility index (Phi) is 4.42. The molecule has 2 saturated heterocycles. The summed E-state index contributed by atoms with van der Waals surface area (Å²) in [5, 5.41) is 2.88. The number of pyridine rings is 1. The van der Waals surface area contributed by atoms with Crippen molar-refractivity contribution >= 4 is 12.0 Å². The molecule has 4 fully saturated rings. The minimum absolute atomic E-state index is 0.0443. The third-order valence-corrected chi connectivity index (χ3v) is 7.99. The maximum Gasteiger partial charge on any atom is 0.407 e.